The van der Waals surface area contributed by atoms with Gasteiger partial charge in [-0.25, -0.2) is 16.8 Å². The number of sulfonamides is 2. The monoisotopic (exact) mass is 444 g/mol. The SMILES string of the molecule is COc1ccc(OC)c(S(=O)(=O)N2CCN(S(=O)(=O)c3cnn(C)c3C)CC2)c1. The normalized spacial score (nSPS) is 16.7. The lowest BCUT2D eigenvalue weighted by Gasteiger charge is -2.33. The minimum absolute atomic E-state index is 0.0150. The van der Waals surface area contributed by atoms with Gasteiger partial charge in [0.15, 0.2) is 0 Å². The molecule has 3 rings (SSSR count). The predicted octanol–water partition coefficient (Wildman–Crippen LogP) is 0.441. The molecular weight excluding hydrogens is 420 g/mol. The van der Waals surface area contributed by atoms with Gasteiger partial charge >= 0.3 is 0 Å². The van der Waals surface area contributed by atoms with Crippen molar-refractivity contribution in [3.63, 3.8) is 0 Å². The van der Waals surface area contributed by atoms with Crippen LogP contribution in [-0.4, -0.2) is 75.6 Å². The summed E-state index contributed by atoms with van der Waals surface area (Å²) in [6.07, 6.45) is 1.31. The van der Waals surface area contributed by atoms with Gasteiger partial charge in [-0.3, -0.25) is 4.68 Å². The van der Waals surface area contributed by atoms with Crippen molar-refractivity contribution in [1.29, 1.82) is 0 Å². The average molecular weight is 445 g/mol. The second-order valence-corrected chi connectivity index (χ2v) is 10.4. The predicted molar refractivity (Wildman–Crippen MR) is 105 cm³/mol. The lowest BCUT2D eigenvalue weighted by Crippen LogP contribution is -2.50. The zero-order chi connectivity index (χ0) is 21.4. The average Bonchev–Trinajstić information content (AvgIpc) is 3.06. The minimum Gasteiger partial charge on any atom is -0.497 e. The molecule has 0 amide bonds. The van der Waals surface area contributed by atoms with Crippen LogP contribution < -0.4 is 9.47 Å². The van der Waals surface area contributed by atoms with Crippen molar-refractivity contribution in [3.8, 4) is 11.5 Å². The topological polar surface area (TPSA) is 111 Å². The maximum atomic E-state index is 13.1. The third-order valence-electron chi connectivity index (χ3n) is 4.99. The summed E-state index contributed by atoms with van der Waals surface area (Å²) in [5.41, 5.74) is 0.529. The molecule has 1 fully saturated rings. The molecule has 2 heterocycles. The van der Waals surface area contributed by atoms with E-state index in [2.05, 4.69) is 5.10 Å². The summed E-state index contributed by atoms with van der Waals surface area (Å²) >= 11 is 0. The zero-order valence-corrected chi connectivity index (χ0v) is 18.3. The highest BCUT2D eigenvalue weighted by atomic mass is 32.2. The number of ether oxygens (including phenoxy) is 2. The quantitative estimate of drug-likeness (QED) is 0.636. The highest BCUT2D eigenvalue weighted by Crippen LogP contribution is 2.31. The molecule has 1 aliphatic heterocycles. The van der Waals surface area contributed by atoms with E-state index in [1.54, 1.807) is 20.0 Å². The Morgan fingerprint density at radius 3 is 1.90 bits per heavy atom. The van der Waals surface area contributed by atoms with Crippen LogP contribution in [0.15, 0.2) is 34.2 Å². The highest BCUT2D eigenvalue weighted by molar-refractivity contribution is 7.89. The lowest BCUT2D eigenvalue weighted by molar-refractivity contribution is 0.271. The molecule has 0 radical (unpaired) electrons. The molecule has 0 N–H and O–H groups in total. The van der Waals surface area contributed by atoms with E-state index in [9.17, 15) is 16.8 Å². The van der Waals surface area contributed by atoms with E-state index in [4.69, 9.17) is 9.47 Å². The van der Waals surface area contributed by atoms with Crippen LogP contribution in [0.4, 0.5) is 0 Å². The van der Waals surface area contributed by atoms with Gasteiger partial charge in [0.25, 0.3) is 0 Å². The van der Waals surface area contributed by atoms with E-state index < -0.39 is 20.0 Å². The molecule has 1 saturated heterocycles. The first-order chi connectivity index (χ1) is 13.6. The standard InChI is InChI=1S/C17H24N4O6S2/c1-13-17(12-18-19(13)2)29(24,25)21-9-7-20(8-10-21)28(22,23)16-11-14(26-3)5-6-15(16)27-4/h5-6,11-12H,7-10H2,1-4H3. The van der Waals surface area contributed by atoms with Crippen molar-refractivity contribution >= 4 is 20.0 Å². The van der Waals surface area contributed by atoms with Gasteiger partial charge in [0.05, 0.1) is 26.1 Å². The summed E-state index contributed by atoms with van der Waals surface area (Å²) in [7, 11) is -3.13. The summed E-state index contributed by atoms with van der Waals surface area (Å²) in [5.74, 6) is 0.587. The second-order valence-electron chi connectivity index (χ2n) is 6.54. The number of nitrogens with zero attached hydrogens (tertiary/aromatic N) is 4. The Balaban J connectivity index is 1.83. The second kappa shape index (κ2) is 7.94. The van der Waals surface area contributed by atoms with Crippen LogP contribution in [0.25, 0.3) is 0 Å². The van der Waals surface area contributed by atoms with E-state index in [1.165, 1.54) is 45.8 Å². The van der Waals surface area contributed by atoms with E-state index in [0.29, 0.717) is 11.4 Å². The Morgan fingerprint density at radius 2 is 1.45 bits per heavy atom. The number of aromatic nitrogens is 2. The van der Waals surface area contributed by atoms with E-state index in [-0.39, 0.29) is 41.7 Å². The molecule has 0 aliphatic carbocycles. The van der Waals surface area contributed by atoms with Gasteiger partial charge in [-0.15, -0.1) is 0 Å². The number of rotatable bonds is 6. The number of piperazine rings is 1. The molecule has 1 aliphatic rings. The summed E-state index contributed by atoms with van der Waals surface area (Å²) < 4.78 is 66.4. The van der Waals surface area contributed by atoms with Crippen LogP contribution in [0.3, 0.4) is 0 Å². The van der Waals surface area contributed by atoms with Crippen molar-refractivity contribution in [2.75, 3.05) is 40.4 Å². The van der Waals surface area contributed by atoms with Crippen molar-refractivity contribution in [2.24, 2.45) is 7.05 Å². The molecule has 29 heavy (non-hydrogen) atoms. The first-order valence-electron chi connectivity index (χ1n) is 8.84. The molecule has 0 atom stereocenters. The van der Waals surface area contributed by atoms with Crippen molar-refractivity contribution < 1.29 is 26.3 Å². The smallest absolute Gasteiger partial charge is 0.246 e. The van der Waals surface area contributed by atoms with Crippen molar-refractivity contribution in [3.05, 3.63) is 30.1 Å². The van der Waals surface area contributed by atoms with E-state index in [0.717, 1.165) is 0 Å². The lowest BCUT2D eigenvalue weighted by atomic mass is 10.3. The third-order valence-corrected chi connectivity index (χ3v) is 8.92. The van der Waals surface area contributed by atoms with Crippen molar-refractivity contribution in [2.45, 2.75) is 16.7 Å². The molecule has 1 aromatic carbocycles. The summed E-state index contributed by atoms with van der Waals surface area (Å²) in [6.45, 7) is 1.82. The van der Waals surface area contributed by atoms with Crippen LogP contribution in [0.2, 0.25) is 0 Å². The molecule has 0 saturated carbocycles. The Kier molecular flexibility index (Phi) is 5.90. The third kappa shape index (κ3) is 3.84. The van der Waals surface area contributed by atoms with Gasteiger partial charge in [-0.2, -0.15) is 13.7 Å². The molecular formula is C17H24N4O6S2. The molecule has 0 bridgehead atoms. The van der Waals surface area contributed by atoms with Crippen LogP contribution in [-0.2, 0) is 27.1 Å². The molecule has 1 aromatic heterocycles. The fourth-order valence-corrected chi connectivity index (χ4v) is 6.35. The van der Waals surface area contributed by atoms with Crippen molar-refractivity contribution in [1.82, 2.24) is 18.4 Å². The van der Waals surface area contributed by atoms with Gasteiger partial charge in [0.2, 0.25) is 20.0 Å². The summed E-state index contributed by atoms with van der Waals surface area (Å²) in [4.78, 5) is 0.115. The molecule has 0 unspecified atom stereocenters. The Hall–Kier alpha value is -2.15. The largest absolute Gasteiger partial charge is 0.497 e. The molecule has 0 spiro atoms. The highest BCUT2D eigenvalue weighted by Gasteiger charge is 2.36. The number of aryl methyl sites for hydroxylation is 1. The van der Waals surface area contributed by atoms with Gasteiger partial charge in [0, 0.05) is 39.3 Å². The Labute approximate surface area is 170 Å². The fraction of sp³-hybridized carbons (Fsp3) is 0.471. The Morgan fingerprint density at radius 1 is 0.897 bits per heavy atom. The maximum absolute atomic E-state index is 13.1. The maximum Gasteiger partial charge on any atom is 0.246 e. The van der Waals surface area contributed by atoms with Crippen LogP contribution in [0.1, 0.15) is 5.69 Å². The van der Waals surface area contributed by atoms with Gasteiger partial charge in [0.1, 0.15) is 21.3 Å². The Bertz CT molecular complexity index is 1100. The molecule has 160 valence electrons. The van der Waals surface area contributed by atoms with Crippen LogP contribution >= 0.6 is 0 Å². The first-order valence-corrected chi connectivity index (χ1v) is 11.7. The fourth-order valence-electron chi connectivity index (χ4n) is 3.15. The van der Waals surface area contributed by atoms with E-state index in [1.807, 2.05) is 0 Å². The first kappa shape index (κ1) is 21.6. The number of hydrogen-bond donors (Lipinski definition) is 0. The summed E-state index contributed by atoms with van der Waals surface area (Å²) in [6, 6.07) is 4.53. The van der Waals surface area contributed by atoms with Gasteiger partial charge < -0.3 is 9.47 Å². The molecule has 10 nitrogen and oxygen atoms in total. The van der Waals surface area contributed by atoms with Gasteiger partial charge in [-0.05, 0) is 19.1 Å². The van der Waals surface area contributed by atoms with Crippen LogP contribution in [0.5, 0.6) is 11.5 Å². The molecule has 12 heteroatoms. The van der Waals surface area contributed by atoms with Crippen LogP contribution in [0, 0.1) is 6.92 Å². The summed E-state index contributed by atoms with van der Waals surface area (Å²) in [5, 5.41) is 3.99. The number of benzene rings is 1. The minimum atomic E-state index is -3.88. The zero-order valence-electron chi connectivity index (χ0n) is 16.7. The number of hydrogen-bond acceptors (Lipinski definition) is 7. The van der Waals surface area contributed by atoms with Gasteiger partial charge in [-0.1, -0.05) is 0 Å². The number of methoxy groups -OCH3 is 2. The molecule has 2 aromatic rings. The van der Waals surface area contributed by atoms with E-state index >= 15 is 0 Å².